The quantitative estimate of drug-likeness (QED) is 0.442. The lowest BCUT2D eigenvalue weighted by Crippen LogP contribution is -2.13. The average Bonchev–Trinajstić information content (AvgIpc) is 2.20. The Morgan fingerprint density at radius 3 is 2.31 bits per heavy atom. The predicted octanol–water partition coefficient (Wildman–Crippen LogP) is 3.70. The molecule has 0 aromatic heterocycles. The SMILES string of the molecule is CCCCC/C=C/CC(CC(C)=O)C(C)=O. The number of rotatable bonds is 9. The summed E-state index contributed by atoms with van der Waals surface area (Å²) in [6, 6.07) is 0. The van der Waals surface area contributed by atoms with Gasteiger partial charge in [0.15, 0.2) is 0 Å². The molecule has 0 bridgehead atoms. The van der Waals surface area contributed by atoms with E-state index in [2.05, 4.69) is 13.0 Å². The second-order valence-electron chi connectivity index (χ2n) is 4.42. The maximum absolute atomic E-state index is 11.3. The molecule has 0 fully saturated rings. The highest BCUT2D eigenvalue weighted by Gasteiger charge is 2.14. The van der Waals surface area contributed by atoms with Gasteiger partial charge in [0.1, 0.15) is 11.6 Å². The van der Waals surface area contributed by atoms with E-state index in [1.807, 2.05) is 6.08 Å². The summed E-state index contributed by atoms with van der Waals surface area (Å²) in [5.41, 5.74) is 0. The standard InChI is InChI=1S/C14H24O2/c1-4-5-6-7-8-9-10-14(13(3)16)11-12(2)15/h8-9,14H,4-7,10-11H2,1-3H3/b9-8+. The normalized spacial score (nSPS) is 12.9. The summed E-state index contributed by atoms with van der Waals surface area (Å²) in [5.74, 6) is 0.105. The van der Waals surface area contributed by atoms with Gasteiger partial charge in [-0.1, -0.05) is 31.9 Å². The van der Waals surface area contributed by atoms with E-state index in [1.165, 1.54) is 19.3 Å². The van der Waals surface area contributed by atoms with Gasteiger partial charge in [0.2, 0.25) is 0 Å². The Morgan fingerprint density at radius 2 is 1.81 bits per heavy atom. The molecule has 0 radical (unpaired) electrons. The Labute approximate surface area is 99.1 Å². The van der Waals surface area contributed by atoms with E-state index in [-0.39, 0.29) is 17.5 Å². The van der Waals surface area contributed by atoms with Gasteiger partial charge in [-0.15, -0.1) is 0 Å². The van der Waals surface area contributed by atoms with E-state index in [0.29, 0.717) is 12.8 Å². The number of ketones is 2. The first kappa shape index (κ1) is 15.1. The Morgan fingerprint density at radius 1 is 1.12 bits per heavy atom. The van der Waals surface area contributed by atoms with Crippen LogP contribution in [0.3, 0.4) is 0 Å². The van der Waals surface area contributed by atoms with Crippen molar-refractivity contribution in [3.8, 4) is 0 Å². The predicted molar refractivity (Wildman–Crippen MR) is 67.4 cm³/mol. The zero-order valence-electron chi connectivity index (χ0n) is 10.8. The highest BCUT2D eigenvalue weighted by atomic mass is 16.1. The van der Waals surface area contributed by atoms with Crippen LogP contribution in [0.5, 0.6) is 0 Å². The third-order valence-electron chi connectivity index (χ3n) is 2.67. The molecule has 0 aliphatic rings. The zero-order chi connectivity index (χ0) is 12.4. The van der Waals surface area contributed by atoms with E-state index in [0.717, 1.165) is 6.42 Å². The maximum Gasteiger partial charge on any atom is 0.133 e. The number of hydrogen-bond acceptors (Lipinski definition) is 2. The monoisotopic (exact) mass is 224 g/mol. The van der Waals surface area contributed by atoms with E-state index in [9.17, 15) is 9.59 Å². The van der Waals surface area contributed by atoms with Crippen molar-refractivity contribution in [2.24, 2.45) is 5.92 Å². The van der Waals surface area contributed by atoms with Crippen molar-refractivity contribution in [1.82, 2.24) is 0 Å². The van der Waals surface area contributed by atoms with Gasteiger partial charge in [-0.2, -0.15) is 0 Å². The molecule has 0 aliphatic carbocycles. The topological polar surface area (TPSA) is 34.1 Å². The summed E-state index contributed by atoms with van der Waals surface area (Å²) in [7, 11) is 0. The van der Waals surface area contributed by atoms with Gasteiger partial charge in [-0.25, -0.2) is 0 Å². The van der Waals surface area contributed by atoms with Gasteiger partial charge in [-0.05, 0) is 33.1 Å². The van der Waals surface area contributed by atoms with Crippen LogP contribution >= 0.6 is 0 Å². The van der Waals surface area contributed by atoms with Crippen molar-refractivity contribution in [3.05, 3.63) is 12.2 Å². The fourth-order valence-corrected chi connectivity index (χ4v) is 1.63. The molecule has 0 amide bonds. The maximum atomic E-state index is 11.3. The minimum Gasteiger partial charge on any atom is -0.300 e. The first-order valence-corrected chi connectivity index (χ1v) is 6.22. The van der Waals surface area contributed by atoms with Crippen LogP contribution in [-0.4, -0.2) is 11.6 Å². The van der Waals surface area contributed by atoms with Gasteiger partial charge in [0.05, 0.1) is 0 Å². The number of carbonyl (C=O) groups excluding carboxylic acids is 2. The minimum atomic E-state index is -0.111. The van der Waals surface area contributed by atoms with Gasteiger partial charge < -0.3 is 4.79 Å². The van der Waals surface area contributed by atoms with Crippen LogP contribution in [0, 0.1) is 5.92 Å². The largest absolute Gasteiger partial charge is 0.300 e. The summed E-state index contributed by atoms with van der Waals surface area (Å²) < 4.78 is 0. The summed E-state index contributed by atoms with van der Waals surface area (Å²) >= 11 is 0. The number of allylic oxidation sites excluding steroid dienone is 2. The minimum absolute atomic E-state index is 0.0968. The average molecular weight is 224 g/mol. The van der Waals surface area contributed by atoms with Crippen LogP contribution in [0.4, 0.5) is 0 Å². The Hall–Kier alpha value is -0.920. The van der Waals surface area contributed by atoms with Crippen LogP contribution in [0.2, 0.25) is 0 Å². The Balaban J connectivity index is 3.83. The fourth-order valence-electron chi connectivity index (χ4n) is 1.63. The van der Waals surface area contributed by atoms with Crippen molar-refractivity contribution in [3.63, 3.8) is 0 Å². The molecule has 0 rings (SSSR count). The first-order chi connectivity index (χ1) is 7.57. The molecule has 0 heterocycles. The molecular formula is C14H24O2. The third kappa shape index (κ3) is 8.39. The zero-order valence-corrected chi connectivity index (χ0v) is 10.8. The smallest absolute Gasteiger partial charge is 0.133 e. The van der Waals surface area contributed by atoms with Gasteiger partial charge in [0, 0.05) is 12.3 Å². The molecule has 92 valence electrons. The second kappa shape index (κ2) is 9.32. The summed E-state index contributed by atoms with van der Waals surface area (Å²) in [4.78, 5) is 22.2. The van der Waals surface area contributed by atoms with E-state index in [1.54, 1.807) is 13.8 Å². The van der Waals surface area contributed by atoms with Crippen LogP contribution < -0.4 is 0 Å². The van der Waals surface area contributed by atoms with Gasteiger partial charge in [-0.3, -0.25) is 4.79 Å². The molecular weight excluding hydrogens is 200 g/mol. The molecule has 0 aromatic rings. The second-order valence-corrected chi connectivity index (χ2v) is 4.42. The number of Topliss-reactive ketones (excluding diaryl/α,β-unsaturated/α-hetero) is 2. The summed E-state index contributed by atoms with van der Waals surface area (Å²) in [5, 5.41) is 0. The van der Waals surface area contributed by atoms with Crippen molar-refractivity contribution >= 4 is 11.6 Å². The summed E-state index contributed by atoms with van der Waals surface area (Å²) in [6.45, 7) is 5.29. The summed E-state index contributed by atoms with van der Waals surface area (Å²) in [6.07, 6.45) is 10.1. The molecule has 0 N–H and O–H groups in total. The van der Waals surface area contributed by atoms with Gasteiger partial charge >= 0.3 is 0 Å². The molecule has 1 atom stereocenters. The number of unbranched alkanes of at least 4 members (excludes halogenated alkanes) is 3. The van der Waals surface area contributed by atoms with Gasteiger partial charge in [0.25, 0.3) is 0 Å². The molecule has 1 unspecified atom stereocenters. The Bertz CT molecular complexity index is 241. The van der Waals surface area contributed by atoms with Crippen molar-refractivity contribution in [2.45, 2.75) is 59.3 Å². The van der Waals surface area contributed by atoms with Crippen molar-refractivity contribution in [1.29, 1.82) is 0 Å². The van der Waals surface area contributed by atoms with Crippen LogP contribution in [-0.2, 0) is 9.59 Å². The fraction of sp³-hybridized carbons (Fsp3) is 0.714. The molecule has 16 heavy (non-hydrogen) atoms. The molecule has 2 nitrogen and oxygen atoms in total. The molecule has 0 spiro atoms. The van der Waals surface area contributed by atoms with Crippen LogP contribution in [0.15, 0.2) is 12.2 Å². The highest BCUT2D eigenvalue weighted by molar-refractivity contribution is 5.85. The first-order valence-electron chi connectivity index (χ1n) is 6.22. The molecule has 0 saturated heterocycles. The Kier molecular flexibility index (Phi) is 8.78. The number of hydrogen-bond donors (Lipinski definition) is 0. The molecule has 2 heteroatoms. The molecule has 0 aliphatic heterocycles. The lowest BCUT2D eigenvalue weighted by Gasteiger charge is -2.08. The number of carbonyl (C=O) groups is 2. The van der Waals surface area contributed by atoms with Crippen LogP contribution in [0.25, 0.3) is 0 Å². The van der Waals surface area contributed by atoms with Crippen LogP contribution in [0.1, 0.15) is 59.3 Å². The highest BCUT2D eigenvalue weighted by Crippen LogP contribution is 2.12. The molecule has 0 saturated carbocycles. The van der Waals surface area contributed by atoms with E-state index in [4.69, 9.17) is 0 Å². The molecule has 0 aromatic carbocycles. The van der Waals surface area contributed by atoms with Crippen molar-refractivity contribution < 1.29 is 9.59 Å². The van der Waals surface area contributed by atoms with E-state index < -0.39 is 0 Å². The lowest BCUT2D eigenvalue weighted by molar-refractivity contribution is -0.125. The van der Waals surface area contributed by atoms with E-state index >= 15 is 0 Å². The van der Waals surface area contributed by atoms with Crippen molar-refractivity contribution in [2.75, 3.05) is 0 Å². The third-order valence-corrected chi connectivity index (χ3v) is 2.67. The lowest BCUT2D eigenvalue weighted by atomic mass is 9.95.